The van der Waals surface area contributed by atoms with Gasteiger partial charge in [-0.3, -0.25) is 4.79 Å². The second-order valence-corrected chi connectivity index (χ2v) is 8.32. The third kappa shape index (κ3) is 3.14. The van der Waals surface area contributed by atoms with Crippen LogP contribution >= 0.6 is 57.5 Å². The number of nitrogens with one attached hydrogen (secondary N) is 1. The molecule has 124 valence electrons. The first-order valence-corrected chi connectivity index (χ1v) is 9.34. The van der Waals surface area contributed by atoms with Crippen molar-refractivity contribution in [3.05, 3.63) is 48.0 Å². The lowest BCUT2D eigenvalue weighted by atomic mass is 10.3. The maximum atomic E-state index is 11.3. The molecule has 0 aliphatic carbocycles. The highest BCUT2D eigenvalue weighted by Crippen LogP contribution is 2.35. The summed E-state index contributed by atoms with van der Waals surface area (Å²) in [6, 6.07) is 0. The Kier molecular flexibility index (Phi) is 5.08. The molecule has 0 radical (unpaired) electrons. The first-order chi connectivity index (χ1) is 11.4. The van der Waals surface area contributed by atoms with Gasteiger partial charge < -0.3 is 4.98 Å². The van der Waals surface area contributed by atoms with Crippen molar-refractivity contribution in [2.24, 2.45) is 0 Å². The molecule has 24 heavy (non-hydrogen) atoms. The Morgan fingerprint density at radius 1 is 0.917 bits per heavy atom. The molecule has 0 amide bonds. The van der Waals surface area contributed by atoms with Crippen molar-refractivity contribution in [2.45, 2.75) is 13.8 Å². The molecule has 0 atom stereocenters. The number of aromatic nitrogens is 4. The van der Waals surface area contributed by atoms with E-state index in [0.717, 1.165) is 25.7 Å². The van der Waals surface area contributed by atoms with E-state index in [1.54, 1.807) is 0 Å². The van der Waals surface area contributed by atoms with Crippen molar-refractivity contribution >= 4 is 77.9 Å². The van der Waals surface area contributed by atoms with Crippen LogP contribution in [0.1, 0.15) is 11.1 Å². The predicted octanol–water partition coefficient (Wildman–Crippen LogP) is 5.25. The van der Waals surface area contributed by atoms with Crippen LogP contribution < -0.4 is 5.56 Å². The number of hydrogen-bond donors (Lipinski definition) is 1. The van der Waals surface area contributed by atoms with Gasteiger partial charge in [-0.1, -0.05) is 34.8 Å². The number of thiophene rings is 2. The minimum absolute atomic E-state index is 0.124. The van der Waals surface area contributed by atoms with Crippen molar-refractivity contribution in [3.63, 3.8) is 0 Å². The van der Waals surface area contributed by atoms with E-state index < -0.39 is 0 Å². The zero-order valence-electron chi connectivity index (χ0n) is 12.4. The molecule has 0 aliphatic heterocycles. The van der Waals surface area contributed by atoms with Crippen molar-refractivity contribution < 1.29 is 0 Å². The highest BCUT2D eigenvalue weighted by atomic mass is 35.5. The molecule has 4 heterocycles. The lowest BCUT2D eigenvalue weighted by molar-refractivity contribution is 1.18. The van der Waals surface area contributed by atoms with Gasteiger partial charge in [-0.15, -0.1) is 22.7 Å². The van der Waals surface area contributed by atoms with E-state index >= 15 is 0 Å². The number of halogens is 3. The van der Waals surface area contributed by atoms with Crippen LogP contribution in [0.3, 0.4) is 0 Å². The van der Waals surface area contributed by atoms with Crippen LogP contribution in [0.2, 0.25) is 13.8 Å². The standard InChI is InChI=1S/C7H4Cl2N2S.C7H5ClN2OS/c1-3-4-5(8)10-2-11-7(4)12-6(3)9;1-3-4-6(11)9-2-10-7(4)12-5(3)8/h2H,1H3;2H,1H3,(H,9,10,11). The number of rotatable bonds is 0. The van der Waals surface area contributed by atoms with Crippen molar-refractivity contribution in [1.29, 1.82) is 0 Å². The van der Waals surface area contributed by atoms with E-state index in [1.165, 1.54) is 35.3 Å². The van der Waals surface area contributed by atoms with Crippen molar-refractivity contribution in [1.82, 2.24) is 19.9 Å². The smallest absolute Gasteiger partial charge is 0.259 e. The molecular formula is C14H9Cl3N4OS2. The van der Waals surface area contributed by atoms with Crippen LogP contribution in [0.25, 0.3) is 20.4 Å². The number of aryl methyl sites for hydroxylation is 2. The summed E-state index contributed by atoms with van der Waals surface area (Å²) in [7, 11) is 0. The second-order valence-electron chi connectivity index (χ2n) is 4.76. The highest BCUT2D eigenvalue weighted by Gasteiger charge is 2.11. The summed E-state index contributed by atoms with van der Waals surface area (Å²) >= 11 is 20.4. The molecule has 0 unspecified atom stereocenters. The van der Waals surface area contributed by atoms with Gasteiger partial charge in [-0.05, 0) is 25.0 Å². The average molecular weight is 420 g/mol. The summed E-state index contributed by atoms with van der Waals surface area (Å²) in [6.45, 7) is 3.73. The minimum Gasteiger partial charge on any atom is -0.313 e. The van der Waals surface area contributed by atoms with Crippen LogP contribution in [0, 0.1) is 13.8 Å². The van der Waals surface area contributed by atoms with E-state index in [2.05, 4.69) is 19.9 Å². The van der Waals surface area contributed by atoms with Gasteiger partial charge in [0.25, 0.3) is 5.56 Å². The fraction of sp³-hybridized carbons (Fsp3) is 0.143. The Balaban J connectivity index is 0.000000141. The molecule has 5 nitrogen and oxygen atoms in total. The Morgan fingerprint density at radius 2 is 1.50 bits per heavy atom. The SMILES string of the molecule is Cc1c(Cl)sc2nc[nH]c(=O)c12.Cc1c(Cl)sc2ncnc(Cl)c12. The van der Waals surface area contributed by atoms with E-state index in [-0.39, 0.29) is 5.56 Å². The van der Waals surface area contributed by atoms with Gasteiger partial charge in [0.05, 0.1) is 25.8 Å². The monoisotopic (exact) mass is 418 g/mol. The zero-order chi connectivity index (χ0) is 17.4. The minimum atomic E-state index is -0.124. The van der Waals surface area contributed by atoms with E-state index in [0.29, 0.717) is 19.7 Å². The summed E-state index contributed by atoms with van der Waals surface area (Å²) in [6.07, 6.45) is 2.83. The molecule has 1 N–H and O–H groups in total. The maximum absolute atomic E-state index is 11.3. The van der Waals surface area contributed by atoms with Gasteiger partial charge in [0.1, 0.15) is 21.1 Å². The van der Waals surface area contributed by atoms with Gasteiger partial charge >= 0.3 is 0 Å². The van der Waals surface area contributed by atoms with Gasteiger partial charge in [0, 0.05) is 0 Å². The number of nitrogens with zero attached hydrogens (tertiary/aromatic N) is 3. The molecule has 4 aromatic heterocycles. The fourth-order valence-corrected chi connectivity index (χ4v) is 4.77. The maximum Gasteiger partial charge on any atom is 0.259 e. The molecule has 4 aromatic rings. The first-order valence-electron chi connectivity index (χ1n) is 6.57. The first kappa shape index (κ1) is 17.6. The van der Waals surface area contributed by atoms with Crippen molar-refractivity contribution in [2.75, 3.05) is 0 Å². The molecule has 0 bridgehead atoms. The van der Waals surface area contributed by atoms with Gasteiger partial charge in [-0.25, -0.2) is 15.0 Å². The molecule has 10 heteroatoms. The topological polar surface area (TPSA) is 71.5 Å². The van der Waals surface area contributed by atoms with Gasteiger partial charge in [0.15, 0.2) is 0 Å². The Labute approximate surface area is 159 Å². The van der Waals surface area contributed by atoms with E-state index in [9.17, 15) is 4.79 Å². The van der Waals surface area contributed by atoms with Crippen LogP contribution in [-0.4, -0.2) is 19.9 Å². The molecule has 0 aromatic carbocycles. The Bertz CT molecular complexity index is 1100. The molecular weight excluding hydrogens is 411 g/mol. The summed E-state index contributed by atoms with van der Waals surface area (Å²) in [5.74, 6) is 0. The summed E-state index contributed by atoms with van der Waals surface area (Å²) < 4.78 is 1.36. The second kappa shape index (κ2) is 6.93. The molecule has 0 saturated heterocycles. The van der Waals surface area contributed by atoms with E-state index in [4.69, 9.17) is 34.8 Å². The summed E-state index contributed by atoms with van der Waals surface area (Å²) in [5.41, 5.74) is 1.65. The number of hydrogen-bond acceptors (Lipinski definition) is 6. The zero-order valence-corrected chi connectivity index (χ0v) is 16.3. The van der Waals surface area contributed by atoms with Crippen molar-refractivity contribution in [3.8, 4) is 0 Å². The van der Waals surface area contributed by atoms with Crippen LogP contribution in [0.4, 0.5) is 0 Å². The third-order valence-corrected chi connectivity index (χ3v) is 6.59. The lowest BCUT2D eigenvalue weighted by Crippen LogP contribution is -2.05. The number of aromatic amines is 1. The molecule has 0 fully saturated rings. The normalized spacial score (nSPS) is 10.9. The Morgan fingerprint density at radius 3 is 2.08 bits per heavy atom. The summed E-state index contributed by atoms with van der Waals surface area (Å²) in [4.78, 5) is 27.3. The predicted molar refractivity (Wildman–Crippen MR) is 102 cm³/mol. The molecule has 4 rings (SSSR count). The van der Waals surface area contributed by atoms with Gasteiger partial charge in [-0.2, -0.15) is 0 Å². The molecule has 0 aliphatic rings. The lowest BCUT2D eigenvalue weighted by Gasteiger charge is -1.91. The van der Waals surface area contributed by atoms with Gasteiger partial charge in [0.2, 0.25) is 0 Å². The Hall–Kier alpha value is -1.25. The molecule has 0 saturated carbocycles. The number of fused-ring (bicyclic) bond motifs is 2. The van der Waals surface area contributed by atoms with Crippen LogP contribution in [-0.2, 0) is 0 Å². The third-order valence-electron chi connectivity index (χ3n) is 3.30. The molecule has 0 spiro atoms. The average Bonchev–Trinajstić information content (AvgIpc) is 2.99. The van der Waals surface area contributed by atoms with Crippen LogP contribution in [0.5, 0.6) is 0 Å². The largest absolute Gasteiger partial charge is 0.313 e. The number of H-pyrrole nitrogens is 1. The van der Waals surface area contributed by atoms with Crippen LogP contribution in [0.15, 0.2) is 17.4 Å². The van der Waals surface area contributed by atoms with E-state index in [1.807, 2.05) is 13.8 Å². The highest BCUT2D eigenvalue weighted by molar-refractivity contribution is 7.23. The quantitative estimate of drug-likeness (QED) is 0.395. The summed E-state index contributed by atoms with van der Waals surface area (Å²) in [5, 5.41) is 1.95. The fourth-order valence-electron chi connectivity index (χ4n) is 2.05.